The molecule has 1 aromatic heterocycles. The van der Waals surface area contributed by atoms with Crippen molar-refractivity contribution in [1.29, 1.82) is 5.26 Å². The molecule has 0 aliphatic rings. The molecule has 0 bridgehead atoms. The zero-order chi connectivity index (χ0) is 12.4. The first kappa shape index (κ1) is 11.5. The molecule has 17 heavy (non-hydrogen) atoms. The summed E-state index contributed by atoms with van der Waals surface area (Å²) in [6.45, 7) is 1.98. The van der Waals surface area contributed by atoms with Crippen LogP contribution < -0.4 is 10.5 Å². The van der Waals surface area contributed by atoms with Gasteiger partial charge in [0, 0.05) is 10.9 Å². The molecule has 0 saturated carbocycles. The molecule has 2 aromatic rings. The number of benzene rings is 1. The van der Waals surface area contributed by atoms with Crippen LogP contribution in [0.4, 0.5) is 5.00 Å². The van der Waals surface area contributed by atoms with Crippen molar-refractivity contribution in [1.82, 2.24) is 0 Å². The minimum atomic E-state index is 0.555. The molecule has 0 aliphatic heterocycles. The Balaban J connectivity index is 2.54. The van der Waals surface area contributed by atoms with Crippen molar-refractivity contribution in [3.05, 3.63) is 34.7 Å². The monoisotopic (exact) mass is 244 g/mol. The van der Waals surface area contributed by atoms with Crippen LogP contribution >= 0.6 is 11.3 Å². The highest BCUT2D eigenvalue weighted by Crippen LogP contribution is 2.34. The van der Waals surface area contributed by atoms with Gasteiger partial charge in [-0.15, -0.1) is 11.3 Å². The van der Waals surface area contributed by atoms with Gasteiger partial charge in [0.05, 0.1) is 12.7 Å². The quantitative estimate of drug-likeness (QED) is 0.882. The van der Waals surface area contributed by atoms with Gasteiger partial charge in [-0.25, -0.2) is 0 Å². The molecule has 1 heterocycles. The molecule has 0 fully saturated rings. The van der Waals surface area contributed by atoms with Crippen molar-refractivity contribution < 1.29 is 4.74 Å². The number of nitrogens with two attached hydrogens (primary N) is 1. The SMILES string of the molecule is COc1ccc(-c2csc(N)c2C#N)cc1C. The molecule has 2 N–H and O–H groups in total. The van der Waals surface area contributed by atoms with Crippen molar-refractivity contribution in [2.75, 3.05) is 12.8 Å². The highest BCUT2D eigenvalue weighted by atomic mass is 32.1. The van der Waals surface area contributed by atoms with E-state index in [1.165, 1.54) is 11.3 Å². The average Bonchev–Trinajstić information content (AvgIpc) is 2.70. The minimum Gasteiger partial charge on any atom is -0.496 e. The van der Waals surface area contributed by atoms with Gasteiger partial charge in [0.2, 0.25) is 0 Å². The summed E-state index contributed by atoms with van der Waals surface area (Å²) < 4.78 is 5.21. The Hall–Kier alpha value is -1.99. The van der Waals surface area contributed by atoms with E-state index in [9.17, 15) is 0 Å². The van der Waals surface area contributed by atoms with Crippen LogP contribution in [0.3, 0.4) is 0 Å². The fraction of sp³-hybridized carbons (Fsp3) is 0.154. The molecule has 0 unspecified atom stereocenters. The maximum atomic E-state index is 9.07. The normalized spacial score (nSPS) is 9.94. The van der Waals surface area contributed by atoms with Gasteiger partial charge >= 0.3 is 0 Å². The summed E-state index contributed by atoms with van der Waals surface area (Å²) in [6.07, 6.45) is 0. The van der Waals surface area contributed by atoms with Crippen LogP contribution in [0.15, 0.2) is 23.6 Å². The molecule has 3 nitrogen and oxygen atoms in total. The third kappa shape index (κ3) is 1.97. The predicted molar refractivity (Wildman–Crippen MR) is 70.2 cm³/mol. The molecule has 0 radical (unpaired) electrons. The first-order valence-electron chi connectivity index (χ1n) is 5.09. The molecule has 0 atom stereocenters. The Labute approximate surface area is 104 Å². The van der Waals surface area contributed by atoms with E-state index in [0.29, 0.717) is 10.6 Å². The summed E-state index contributed by atoms with van der Waals surface area (Å²) in [4.78, 5) is 0. The summed E-state index contributed by atoms with van der Waals surface area (Å²) in [6, 6.07) is 7.99. The number of nitrogens with zero attached hydrogens (tertiary/aromatic N) is 1. The highest BCUT2D eigenvalue weighted by Gasteiger charge is 2.11. The Bertz CT molecular complexity index is 596. The zero-order valence-corrected chi connectivity index (χ0v) is 10.5. The van der Waals surface area contributed by atoms with E-state index in [-0.39, 0.29) is 0 Å². The van der Waals surface area contributed by atoms with Crippen LogP contribution in [0.2, 0.25) is 0 Å². The number of hydrogen-bond donors (Lipinski definition) is 1. The first-order chi connectivity index (χ1) is 8.17. The summed E-state index contributed by atoms with van der Waals surface area (Å²) in [5, 5.41) is 11.5. The lowest BCUT2D eigenvalue weighted by molar-refractivity contribution is 0.412. The third-order valence-electron chi connectivity index (χ3n) is 2.64. The summed E-state index contributed by atoms with van der Waals surface area (Å²) in [5.74, 6) is 0.843. The Morgan fingerprint density at radius 2 is 2.18 bits per heavy atom. The fourth-order valence-corrected chi connectivity index (χ4v) is 2.52. The van der Waals surface area contributed by atoms with Crippen molar-refractivity contribution in [3.8, 4) is 22.9 Å². The Morgan fingerprint density at radius 1 is 1.41 bits per heavy atom. The first-order valence-corrected chi connectivity index (χ1v) is 5.97. The van der Waals surface area contributed by atoms with Gasteiger partial charge < -0.3 is 10.5 Å². The van der Waals surface area contributed by atoms with Crippen LogP contribution in [-0.2, 0) is 0 Å². The molecule has 0 saturated heterocycles. The molecule has 0 aliphatic carbocycles. The van der Waals surface area contributed by atoms with Gasteiger partial charge in [0.15, 0.2) is 0 Å². The largest absolute Gasteiger partial charge is 0.496 e. The lowest BCUT2D eigenvalue weighted by atomic mass is 10.0. The number of rotatable bonds is 2. The van der Waals surface area contributed by atoms with Crippen molar-refractivity contribution >= 4 is 16.3 Å². The average molecular weight is 244 g/mol. The zero-order valence-electron chi connectivity index (χ0n) is 9.65. The molecule has 0 amide bonds. The molecule has 86 valence electrons. The lowest BCUT2D eigenvalue weighted by Gasteiger charge is -2.06. The maximum absolute atomic E-state index is 9.07. The second-order valence-corrected chi connectivity index (χ2v) is 4.60. The van der Waals surface area contributed by atoms with Gasteiger partial charge in [-0.2, -0.15) is 5.26 Å². The van der Waals surface area contributed by atoms with E-state index in [4.69, 9.17) is 15.7 Å². The van der Waals surface area contributed by atoms with Crippen molar-refractivity contribution in [2.24, 2.45) is 0 Å². The van der Waals surface area contributed by atoms with E-state index in [1.807, 2.05) is 30.5 Å². The van der Waals surface area contributed by atoms with E-state index in [2.05, 4.69) is 6.07 Å². The maximum Gasteiger partial charge on any atom is 0.121 e. The van der Waals surface area contributed by atoms with E-state index >= 15 is 0 Å². The molecule has 2 rings (SSSR count). The number of anilines is 1. The fourth-order valence-electron chi connectivity index (χ4n) is 1.75. The second kappa shape index (κ2) is 4.48. The third-order valence-corrected chi connectivity index (χ3v) is 3.45. The van der Waals surface area contributed by atoms with Crippen LogP contribution in [0.25, 0.3) is 11.1 Å². The summed E-state index contributed by atoms with van der Waals surface area (Å²) in [5.41, 5.74) is 9.23. The van der Waals surface area contributed by atoms with Crippen LogP contribution in [-0.4, -0.2) is 7.11 Å². The molecule has 4 heteroatoms. The molecular weight excluding hydrogens is 232 g/mol. The van der Waals surface area contributed by atoms with Gasteiger partial charge in [0.1, 0.15) is 16.8 Å². The summed E-state index contributed by atoms with van der Waals surface area (Å²) in [7, 11) is 1.64. The van der Waals surface area contributed by atoms with Gasteiger partial charge in [-0.05, 0) is 30.2 Å². The molecule has 1 aromatic carbocycles. The number of nitrogen functional groups attached to an aromatic ring is 1. The van der Waals surface area contributed by atoms with Gasteiger partial charge in [-0.3, -0.25) is 0 Å². The standard InChI is InChI=1S/C13H12N2OS/c1-8-5-9(3-4-12(8)16-2)11-7-17-13(15)10(11)6-14/h3-5,7H,15H2,1-2H3. The number of aryl methyl sites for hydroxylation is 1. The van der Waals surface area contributed by atoms with Gasteiger partial charge in [-0.1, -0.05) is 6.07 Å². The van der Waals surface area contributed by atoms with Crippen LogP contribution in [0, 0.1) is 18.3 Å². The number of nitriles is 1. The topological polar surface area (TPSA) is 59.0 Å². The second-order valence-electron chi connectivity index (χ2n) is 3.68. The smallest absolute Gasteiger partial charge is 0.121 e. The number of ether oxygens (including phenoxy) is 1. The van der Waals surface area contributed by atoms with Crippen LogP contribution in [0.1, 0.15) is 11.1 Å². The molecule has 0 spiro atoms. The summed E-state index contributed by atoms with van der Waals surface area (Å²) >= 11 is 1.39. The molecular formula is C13H12N2OS. The van der Waals surface area contributed by atoms with E-state index < -0.39 is 0 Å². The lowest BCUT2D eigenvalue weighted by Crippen LogP contribution is -1.89. The van der Waals surface area contributed by atoms with Gasteiger partial charge in [0.25, 0.3) is 0 Å². The van der Waals surface area contributed by atoms with E-state index in [0.717, 1.165) is 22.4 Å². The highest BCUT2D eigenvalue weighted by molar-refractivity contribution is 7.14. The van der Waals surface area contributed by atoms with E-state index in [1.54, 1.807) is 7.11 Å². The van der Waals surface area contributed by atoms with Crippen molar-refractivity contribution in [2.45, 2.75) is 6.92 Å². The number of methoxy groups -OCH3 is 1. The minimum absolute atomic E-state index is 0.555. The predicted octanol–water partition coefficient (Wildman–Crippen LogP) is 3.19. The Kier molecular flexibility index (Phi) is 3.03. The van der Waals surface area contributed by atoms with Crippen molar-refractivity contribution in [3.63, 3.8) is 0 Å². The number of thiophene rings is 1. The Morgan fingerprint density at radius 3 is 2.76 bits per heavy atom. The van der Waals surface area contributed by atoms with Crippen LogP contribution in [0.5, 0.6) is 5.75 Å². The number of hydrogen-bond acceptors (Lipinski definition) is 4.